The van der Waals surface area contributed by atoms with E-state index in [4.69, 9.17) is 9.97 Å². The van der Waals surface area contributed by atoms with Crippen LogP contribution in [-0.2, 0) is 4.79 Å². The Morgan fingerprint density at radius 3 is 2.43 bits per heavy atom. The fourth-order valence-corrected chi connectivity index (χ4v) is 4.35. The van der Waals surface area contributed by atoms with E-state index >= 15 is 0 Å². The summed E-state index contributed by atoms with van der Waals surface area (Å²) in [7, 11) is 0. The second-order valence-corrected chi connectivity index (χ2v) is 8.67. The number of fused-ring (bicyclic) bond motifs is 1. The maximum absolute atomic E-state index is 13.2. The van der Waals surface area contributed by atoms with Crippen LogP contribution in [0.5, 0.6) is 5.75 Å². The van der Waals surface area contributed by atoms with E-state index in [-0.39, 0.29) is 8.60 Å². The number of aliphatic hydroxyl groups excluding tert-OH is 1. The summed E-state index contributed by atoms with van der Waals surface area (Å²) >= 11 is 0. The van der Waals surface area contributed by atoms with Gasteiger partial charge in [0.25, 0.3) is 5.91 Å². The molecule has 182 valence electrons. The van der Waals surface area contributed by atoms with Gasteiger partial charge in [-0.25, -0.2) is 14.4 Å². The summed E-state index contributed by atoms with van der Waals surface area (Å²) in [5, 5.41) is 21.8. The van der Waals surface area contributed by atoms with Crippen LogP contribution < -0.4 is 4.90 Å². The molecule has 7 nitrogen and oxygen atoms in total. The number of aromatic nitrogens is 2. The molecule has 0 saturated carbocycles. The van der Waals surface area contributed by atoms with Crippen LogP contribution in [0.4, 0.5) is 10.2 Å². The van der Waals surface area contributed by atoms with E-state index in [1.807, 2.05) is 31.2 Å². The molecule has 1 unspecified atom stereocenters. The highest BCUT2D eigenvalue weighted by atomic mass is 19.1. The molecule has 8 heteroatoms. The van der Waals surface area contributed by atoms with Crippen molar-refractivity contribution in [1.82, 2.24) is 14.9 Å². The smallest absolute Gasteiger partial charge is 0.256 e. The molecule has 2 N–H and O–H groups in total. The van der Waals surface area contributed by atoms with Crippen LogP contribution in [0.2, 0.25) is 0 Å². The van der Waals surface area contributed by atoms with Crippen LogP contribution in [0.15, 0.2) is 66.7 Å². The Morgan fingerprint density at radius 1 is 1.00 bits per heavy atom. The van der Waals surface area contributed by atoms with E-state index in [1.54, 1.807) is 23.1 Å². The molecular formula is C27H29FN4O3. The second-order valence-electron chi connectivity index (χ2n) is 8.67. The van der Waals surface area contributed by atoms with E-state index in [0.717, 1.165) is 22.3 Å². The van der Waals surface area contributed by atoms with E-state index in [9.17, 15) is 19.4 Å². The highest BCUT2D eigenvalue weighted by Gasteiger charge is 2.28. The molecule has 1 saturated heterocycles. The Labute approximate surface area is 205 Å². The molecule has 0 bridgehead atoms. The minimum atomic E-state index is -1.34. The molecular weight excluding hydrogens is 447 g/mol. The van der Waals surface area contributed by atoms with Gasteiger partial charge in [-0.2, -0.15) is 0 Å². The number of benzene rings is 3. The van der Waals surface area contributed by atoms with Crippen LogP contribution >= 0.6 is 0 Å². The molecule has 1 aromatic heterocycles. The molecule has 0 aliphatic carbocycles. The number of nitrogens with zero attached hydrogens (tertiary/aromatic N) is 4. The lowest BCUT2D eigenvalue weighted by Crippen LogP contribution is -2.50. The summed E-state index contributed by atoms with van der Waals surface area (Å²) in [4.78, 5) is 26.1. The molecule has 1 atom stereocenters. The summed E-state index contributed by atoms with van der Waals surface area (Å²) in [5.74, 6) is 0.448. The zero-order chi connectivity index (χ0) is 24.5. The quantitative estimate of drug-likeness (QED) is 0.456. The number of hydrogen-bond acceptors (Lipinski definition) is 6. The van der Waals surface area contributed by atoms with Crippen LogP contribution in [0, 0.1) is 12.7 Å². The van der Waals surface area contributed by atoms with E-state index in [2.05, 4.69) is 4.90 Å². The monoisotopic (exact) mass is 476 g/mol. The first-order chi connectivity index (χ1) is 16.9. The zero-order valence-corrected chi connectivity index (χ0v) is 19.2. The number of phenolic OH excluding ortho intramolecular Hbond substituents is 1. The summed E-state index contributed by atoms with van der Waals surface area (Å²) in [5.41, 5.74) is 2.76. The van der Waals surface area contributed by atoms with E-state index in [1.165, 1.54) is 24.3 Å². The normalized spacial score (nSPS) is 14.8. The number of phenols is 1. The Bertz CT molecular complexity index is 1400. The van der Waals surface area contributed by atoms with Gasteiger partial charge in [-0.05, 0) is 54.4 Å². The predicted octanol–water partition coefficient (Wildman–Crippen LogP) is 4.32. The van der Waals surface area contributed by atoms with Crippen molar-refractivity contribution >= 4 is 22.6 Å². The molecule has 0 radical (unpaired) electrons. The van der Waals surface area contributed by atoms with Crippen LogP contribution in [0.25, 0.3) is 22.3 Å². The third-order valence-electron chi connectivity index (χ3n) is 6.29. The van der Waals surface area contributed by atoms with Gasteiger partial charge in [0.2, 0.25) is 0 Å². The Hall–Kier alpha value is -4.04. The van der Waals surface area contributed by atoms with Crippen molar-refractivity contribution in [3.8, 4) is 17.1 Å². The number of aryl methyl sites for hydroxylation is 1. The Morgan fingerprint density at radius 2 is 1.71 bits per heavy atom. The molecule has 1 aliphatic heterocycles. The molecule has 2 heterocycles. The molecule has 35 heavy (non-hydrogen) atoms. The minimum Gasteiger partial charge on any atom is -0.507 e. The van der Waals surface area contributed by atoms with Gasteiger partial charge in [0.15, 0.2) is 11.9 Å². The van der Waals surface area contributed by atoms with Crippen LogP contribution in [-0.4, -0.2) is 57.2 Å². The molecule has 1 fully saturated rings. The predicted molar refractivity (Wildman–Crippen MR) is 136 cm³/mol. The van der Waals surface area contributed by atoms with Crippen molar-refractivity contribution < 1.29 is 22.3 Å². The molecule has 1 aliphatic rings. The lowest BCUT2D eigenvalue weighted by Gasteiger charge is -2.36. The van der Waals surface area contributed by atoms with Gasteiger partial charge in [0, 0.05) is 34.4 Å². The largest absolute Gasteiger partial charge is 0.507 e. The highest BCUT2D eigenvalue weighted by Crippen LogP contribution is 2.32. The third kappa shape index (κ3) is 4.52. The van der Waals surface area contributed by atoms with Crippen molar-refractivity contribution in [3.63, 3.8) is 0 Å². The first-order valence-electron chi connectivity index (χ1n) is 11.4. The lowest BCUT2D eigenvalue weighted by atomic mass is 10.1. The first kappa shape index (κ1) is 22.7. The van der Waals surface area contributed by atoms with Crippen molar-refractivity contribution in [1.29, 1.82) is 0 Å². The number of rotatable bonds is 4. The van der Waals surface area contributed by atoms with Gasteiger partial charge in [0.05, 0.1) is 11.1 Å². The average Bonchev–Trinajstić information content (AvgIpc) is 2.88. The average molecular weight is 477 g/mol. The third-order valence-corrected chi connectivity index (χ3v) is 6.29. The van der Waals surface area contributed by atoms with Crippen LogP contribution in [0.3, 0.4) is 0 Å². The Balaban J connectivity index is 0.00000190. The molecule has 0 spiro atoms. The lowest BCUT2D eigenvalue weighted by molar-refractivity contribution is -0.140. The molecule has 4 aromatic rings. The van der Waals surface area contributed by atoms with E-state index < -0.39 is 17.8 Å². The number of anilines is 1. The van der Waals surface area contributed by atoms with Crippen molar-refractivity contribution in [2.45, 2.75) is 13.0 Å². The number of carbonyl (C=O) groups is 1. The van der Waals surface area contributed by atoms with Crippen LogP contribution in [0.1, 0.15) is 20.1 Å². The van der Waals surface area contributed by atoms with Gasteiger partial charge in [-0.15, -0.1) is 0 Å². The number of piperazine rings is 1. The number of amides is 1. The number of para-hydroxylation sites is 1. The summed E-state index contributed by atoms with van der Waals surface area (Å²) in [6.07, 6.45) is -1.34. The number of aromatic hydroxyl groups is 1. The fourth-order valence-electron chi connectivity index (χ4n) is 4.35. The standard InChI is InChI=1S/C27H25FN4O3.2H2/c1-17-6-11-20-22(16-17)29-25(21-4-2-3-5-23(21)33)30-26(20)31-12-14-32(15-13-31)27(35)24(34)18-7-9-19(28)10-8-18;;/h2-11,16,24,33-34H,12-15H2,1H3;2*1H. The summed E-state index contributed by atoms with van der Waals surface area (Å²) in [6.45, 7) is 3.84. The molecule has 5 rings (SSSR count). The SMILES string of the molecule is Cc1ccc2c(N3CCN(C(=O)C(O)c4ccc(F)cc4)CC3)nc(-c3ccccc3O)nc2c1.[HH].[HH]. The number of hydrogen-bond donors (Lipinski definition) is 2. The van der Waals surface area contributed by atoms with Gasteiger partial charge < -0.3 is 20.0 Å². The molecule has 3 aromatic carbocycles. The zero-order valence-electron chi connectivity index (χ0n) is 19.2. The molecule has 1 amide bonds. The summed E-state index contributed by atoms with van der Waals surface area (Å²) in [6, 6.07) is 18.3. The minimum absolute atomic E-state index is 0. The maximum Gasteiger partial charge on any atom is 0.256 e. The summed E-state index contributed by atoms with van der Waals surface area (Å²) < 4.78 is 13.2. The number of carbonyl (C=O) groups excluding carboxylic acids is 1. The maximum atomic E-state index is 13.2. The Kier molecular flexibility index (Phi) is 6.05. The highest BCUT2D eigenvalue weighted by molar-refractivity contribution is 5.92. The van der Waals surface area contributed by atoms with Crippen molar-refractivity contribution in [2.24, 2.45) is 0 Å². The fraction of sp³-hybridized carbons (Fsp3) is 0.222. The van der Waals surface area contributed by atoms with E-state index in [0.29, 0.717) is 43.1 Å². The van der Waals surface area contributed by atoms with Gasteiger partial charge in [-0.3, -0.25) is 4.79 Å². The first-order valence-corrected chi connectivity index (χ1v) is 11.4. The van der Waals surface area contributed by atoms with Crippen molar-refractivity contribution in [2.75, 3.05) is 31.1 Å². The number of aliphatic hydroxyl groups is 1. The van der Waals surface area contributed by atoms with Crippen molar-refractivity contribution in [3.05, 3.63) is 83.7 Å². The van der Waals surface area contributed by atoms with Gasteiger partial charge in [-0.1, -0.05) is 30.3 Å². The van der Waals surface area contributed by atoms with Gasteiger partial charge in [0.1, 0.15) is 17.4 Å². The second kappa shape index (κ2) is 9.31. The number of halogens is 1. The topological polar surface area (TPSA) is 89.8 Å². The van der Waals surface area contributed by atoms with Gasteiger partial charge >= 0.3 is 0 Å².